The molecule has 8 nitrogen and oxygen atoms in total. The highest BCUT2D eigenvalue weighted by Gasteiger charge is 2.54. The van der Waals surface area contributed by atoms with E-state index in [1.807, 2.05) is 30.3 Å². The minimum Gasteiger partial charge on any atom is -0.477 e. The van der Waals surface area contributed by atoms with E-state index >= 15 is 0 Å². The normalized spacial score (nSPS) is 21.2. The Hall–Kier alpha value is -3.07. The first-order chi connectivity index (χ1) is 13.4. The van der Waals surface area contributed by atoms with Gasteiger partial charge in [-0.1, -0.05) is 30.3 Å². The van der Waals surface area contributed by atoms with Crippen LogP contribution in [-0.2, 0) is 23.9 Å². The predicted octanol–water partition coefficient (Wildman–Crippen LogP) is 1.00. The van der Waals surface area contributed by atoms with Gasteiger partial charge in [0.25, 0.3) is 5.91 Å². The average molecular weight is 402 g/mol. The fourth-order valence-electron chi connectivity index (χ4n) is 2.92. The van der Waals surface area contributed by atoms with E-state index in [-0.39, 0.29) is 18.1 Å². The van der Waals surface area contributed by atoms with E-state index in [1.54, 1.807) is 6.08 Å². The van der Waals surface area contributed by atoms with Crippen LogP contribution in [0.3, 0.4) is 0 Å². The molecule has 2 N–H and O–H groups in total. The van der Waals surface area contributed by atoms with Crippen molar-refractivity contribution in [2.24, 2.45) is 0 Å². The maximum atomic E-state index is 12.5. The molecule has 2 aliphatic heterocycles. The molecule has 2 aliphatic rings. The molecule has 28 heavy (non-hydrogen) atoms. The van der Waals surface area contributed by atoms with Crippen molar-refractivity contribution in [2.75, 3.05) is 12.4 Å². The Labute approximate surface area is 165 Å². The van der Waals surface area contributed by atoms with Gasteiger partial charge in [0.15, 0.2) is 0 Å². The molecule has 0 aromatic heterocycles. The van der Waals surface area contributed by atoms with Crippen LogP contribution in [0.4, 0.5) is 0 Å². The summed E-state index contributed by atoms with van der Waals surface area (Å²) in [5.74, 6) is -2.45. The van der Waals surface area contributed by atoms with Crippen molar-refractivity contribution >= 4 is 41.6 Å². The molecule has 1 aromatic rings. The number of carboxylic acids is 1. The molecule has 146 valence electrons. The minimum absolute atomic E-state index is 0.180. The number of β-lactam (4-membered cyclic amide) rings is 1. The SMILES string of the molecule is CC(=O)OCC1=C(C(=O)O)N2C(=O)[C@H](NC(=O)/C=C/c3ccccc3)[C@H]2SC1. The number of nitrogens with zero attached hydrogens (tertiary/aromatic N) is 1. The maximum Gasteiger partial charge on any atom is 0.352 e. The van der Waals surface area contributed by atoms with Gasteiger partial charge in [-0.25, -0.2) is 4.79 Å². The molecule has 2 atom stereocenters. The molecular formula is C19H18N2O6S. The van der Waals surface area contributed by atoms with Crippen LogP contribution in [0.5, 0.6) is 0 Å². The first-order valence-corrected chi connectivity index (χ1v) is 9.50. The van der Waals surface area contributed by atoms with Crippen molar-refractivity contribution in [1.82, 2.24) is 10.2 Å². The van der Waals surface area contributed by atoms with Gasteiger partial charge in [0.2, 0.25) is 5.91 Å². The first-order valence-electron chi connectivity index (χ1n) is 8.45. The van der Waals surface area contributed by atoms with Crippen LogP contribution in [0, 0.1) is 0 Å². The number of carbonyl (C=O) groups excluding carboxylic acids is 3. The van der Waals surface area contributed by atoms with Gasteiger partial charge in [-0.15, -0.1) is 11.8 Å². The third-order valence-electron chi connectivity index (χ3n) is 4.22. The number of carbonyl (C=O) groups is 4. The topological polar surface area (TPSA) is 113 Å². The largest absolute Gasteiger partial charge is 0.477 e. The van der Waals surface area contributed by atoms with Crippen LogP contribution < -0.4 is 5.32 Å². The van der Waals surface area contributed by atoms with Crippen molar-refractivity contribution in [1.29, 1.82) is 0 Å². The number of aliphatic carboxylic acids is 1. The lowest BCUT2D eigenvalue weighted by molar-refractivity contribution is -0.150. The lowest BCUT2D eigenvalue weighted by atomic mass is 10.0. The van der Waals surface area contributed by atoms with Crippen molar-refractivity contribution in [3.05, 3.63) is 53.2 Å². The Balaban J connectivity index is 1.68. The summed E-state index contributed by atoms with van der Waals surface area (Å²) in [6.07, 6.45) is 2.96. The van der Waals surface area contributed by atoms with Crippen molar-refractivity contribution in [2.45, 2.75) is 18.3 Å². The van der Waals surface area contributed by atoms with Gasteiger partial charge in [0.1, 0.15) is 23.7 Å². The second kappa shape index (κ2) is 8.30. The Bertz CT molecular complexity index is 880. The van der Waals surface area contributed by atoms with E-state index in [1.165, 1.54) is 24.8 Å². The molecule has 9 heteroatoms. The zero-order valence-electron chi connectivity index (χ0n) is 15.0. The highest BCUT2D eigenvalue weighted by molar-refractivity contribution is 8.00. The number of carboxylic acid groups (broad SMARTS) is 1. The Morgan fingerprint density at radius 2 is 2.04 bits per heavy atom. The molecule has 2 amide bonds. The smallest absolute Gasteiger partial charge is 0.352 e. The van der Waals surface area contributed by atoms with Crippen molar-refractivity contribution < 1.29 is 29.0 Å². The zero-order chi connectivity index (χ0) is 20.3. The molecule has 2 heterocycles. The standard InChI is InChI=1S/C19H18N2O6S/c1-11(22)27-9-13-10-28-18-15(17(24)21(18)16(13)19(25)26)20-14(23)8-7-12-5-3-2-4-6-12/h2-8,15,18H,9-10H2,1H3,(H,20,23)(H,25,26)/b8-7+/t15-,18+/m0/s1. The van der Waals surface area contributed by atoms with Crippen LogP contribution in [0.15, 0.2) is 47.7 Å². The second-order valence-corrected chi connectivity index (χ2v) is 7.28. The fourth-order valence-corrected chi connectivity index (χ4v) is 4.25. The molecular weight excluding hydrogens is 384 g/mol. The summed E-state index contributed by atoms with van der Waals surface area (Å²) in [4.78, 5) is 48.4. The van der Waals surface area contributed by atoms with E-state index in [4.69, 9.17) is 4.74 Å². The van der Waals surface area contributed by atoms with Crippen molar-refractivity contribution in [3.8, 4) is 0 Å². The lowest BCUT2D eigenvalue weighted by Gasteiger charge is -2.49. The summed E-state index contributed by atoms with van der Waals surface area (Å²) >= 11 is 1.32. The van der Waals surface area contributed by atoms with Gasteiger partial charge in [-0.05, 0) is 11.6 Å². The van der Waals surface area contributed by atoms with Crippen LogP contribution in [0.1, 0.15) is 12.5 Å². The number of nitrogens with one attached hydrogen (secondary N) is 1. The Morgan fingerprint density at radius 1 is 1.32 bits per heavy atom. The van der Waals surface area contributed by atoms with Crippen molar-refractivity contribution in [3.63, 3.8) is 0 Å². The molecule has 1 saturated heterocycles. The van der Waals surface area contributed by atoms with Crippen LogP contribution in [-0.4, -0.2) is 57.5 Å². The van der Waals surface area contributed by atoms with Gasteiger partial charge in [-0.3, -0.25) is 19.3 Å². The van der Waals surface area contributed by atoms with E-state index in [9.17, 15) is 24.3 Å². The van der Waals surface area contributed by atoms with E-state index in [0.717, 1.165) is 10.5 Å². The number of benzene rings is 1. The fraction of sp³-hybridized carbons (Fsp3) is 0.263. The summed E-state index contributed by atoms with van der Waals surface area (Å²) in [6.45, 7) is 1.04. The highest BCUT2D eigenvalue weighted by Crippen LogP contribution is 2.40. The van der Waals surface area contributed by atoms with Gasteiger partial charge in [0.05, 0.1) is 0 Å². The summed E-state index contributed by atoms with van der Waals surface area (Å²) < 4.78 is 4.88. The van der Waals surface area contributed by atoms with Gasteiger partial charge in [-0.2, -0.15) is 0 Å². The summed E-state index contributed by atoms with van der Waals surface area (Å²) in [5.41, 5.74) is 1.02. The third-order valence-corrected chi connectivity index (χ3v) is 5.56. The molecule has 3 rings (SSSR count). The predicted molar refractivity (Wildman–Crippen MR) is 102 cm³/mol. The Kier molecular flexibility index (Phi) is 5.84. The quantitative estimate of drug-likeness (QED) is 0.415. The molecule has 0 radical (unpaired) electrons. The number of fused-ring (bicyclic) bond motifs is 1. The number of hydrogen-bond acceptors (Lipinski definition) is 6. The zero-order valence-corrected chi connectivity index (χ0v) is 15.8. The average Bonchev–Trinajstić information content (AvgIpc) is 2.68. The molecule has 0 saturated carbocycles. The number of hydrogen-bond donors (Lipinski definition) is 2. The number of rotatable bonds is 6. The van der Waals surface area contributed by atoms with E-state index in [2.05, 4.69) is 5.32 Å². The third kappa shape index (κ3) is 4.09. The molecule has 0 aliphatic carbocycles. The first kappa shape index (κ1) is 19.7. The highest BCUT2D eigenvalue weighted by atomic mass is 32.2. The van der Waals surface area contributed by atoms with Crippen LogP contribution >= 0.6 is 11.8 Å². The van der Waals surface area contributed by atoms with Crippen LogP contribution in [0.2, 0.25) is 0 Å². The minimum atomic E-state index is -1.27. The van der Waals surface area contributed by atoms with E-state index in [0.29, 0.717) is 5.57 Å². The Morgan fingerprint density at radius 3 is 2.68 bits per heavy atom. The van der Waals surface area contributed by atoms with E-state index < -0.39 is 35.2 Å². The van der Waals surface area contributed by atoms with Gasteiger partial charge in [0, 0.05) is 24.3 Å². The van der Waals surface area contributed by atoms with Gasteiger partial charge >= 0.3 is 11.9 Å². The molecule has 0 spiro atoms. The van der Waals surface area contributed by atoms with Gasteiger partial charge < -0.3 is 15.2 Å². The maximum absolute atomic E-state index is 12.5. The number of esters is 1. The molecule has 1 aromatic carbocycles. The lowest BCUT2D eigenvalue weighted by Crippen LogP contribution is -2.70. The number of amides is 2. The molecule has 0 bridgehead atoms. The number of thioether (sulfide) groups is 1. The summed E-state index contributed by atoms with van der Waals surface area (Å²) in [6, 6.07) is 8.43. The number of ether oxygens (including phenoxy) is 1. The van der Waals surface area contributed by atoms with Crippen LogP contribution in [0.25, 0.3) is 6.08 Å². The second-order valence-electron chi connectivity index (χ2n) is 6.18. The molecule has 1 fully saturated rings. The molecule has 0 unspecified atom stereocenters. The monoisotopic (exact) mass is 402 g/mol. The summed E-state index contributed by atoms with van der Waals surface area (Å²) in [5, 5.41) is 11.6. The summed E-state index contributed by atoms with van der Waals surface area (Å²) in [7, 11) is 0.